The van der Waals surface area contributed by atoms with E-state index in [4.69, 9.17) is 23.4 Å². The molecule has 0 atom stereocenters. The number of ether oxygens (including phenoxy) is 4. The molecule has 1 aromatic heterocycles. The smallest absolute Gasteiger partial charge is 0.379 e. The zero-order chi connectivity index (χ0) is 18.6. The van der Waals surface area contributed by atoms with Gasteiger partial charge in [0.05, 0.1) is 19.1 Å². The van der Waals surface area contributed by atoms with Gasteiger partial charge in [0.25, 0.3) is 0 Å². The Morgan fingerprint density at radius 3 is 2.78 bits per heavy atom. The van der Waals surface area contributed by atoms with E-state index in [2.05, 4.69) is 4.99 Å². The largest absolute Gasteiger partial charge is 0.493 e. The number of esters is 1. The lowest BCUT2D eigenvalue weighted by Crippen LogP contribution is -2.08. The minimum absolute atomic E-state index is 0.116. The van der Waals surface area contributed by atoms with E-state index in [0.29, 0.717) is 23.0 Å². The van der Waals surface area contributed by atoms with Crippen molar-refractivity contribution in [2.75, 3.05) is 13.9 Å². The Morgan fingerprint density at radius 2 is 1.96 bits per heavy atom. The maximum Gasteiger partial charge on any atom is 0.379 e. The highest BCUT2D eigenvalue weighted by atomic mass is 16.7. The van der Waals surface area contributed by atoms with Gasteiger partial charge in [-0.1, -0.05) is 0 Å². The van der Waals surface area contributed by atoms with Crippen molar-refractivity contribution in [2.24, 2.45) is 4.99 Å². The predicted octanol–water partition coefficient (Wildman–Crippen LogP) is 3.99. The summed E-state index contributed by atoms with van der Waals surface area (Å²) in [6, 6.07) is 13.7. The van der Waals surface area contributed by atoms with Crippen molar-refractivity contribution in [2.45, 2.75) is 0 Å². The molecule has 0 bridgehead atoms. The fourth-order valence-electron chi connectivity index (χ4n) is 2.51. The topological polar surface area (TPSA) is 79.5 Å². The second kappa shape index (κ2) is 7.25. The molecule has 7 heteroatoms. The number of aliphatic imine (C=N–C) groups is 1. The van der Waals surface area contributed by atoms with Gasteiger partial charge in [-0.05, 0) is 48.0 Å². The molecule has 0 aliphatic carbocycles. The lowest BCUT2D eigenvalue weighted by Gasteiger charge is -2.09. The number of fused-ring (bicyclic) bond motifs is 1. The average molecular weight is 365 g/mol. The number of hydrogen-bond acceptors (Lipinski definition) is 7. The number of hydrogen-bond donors (Lipinski definition) is 0. The van der Waals surface area contributed by atoms with Crippen LogP contribution in [0.1, 0.15) is 16.1 Å². The molecule has 3 aromatic rings. The van der Waals surface area contributed by atoms with Gasteiger partial charge in [0.2, 0.25) is 12.6 Å². The minimum Gasteiger partial charge on any atom is -0.493 e. The highest BCUT2D eigenvalue weighted by Gasteiger charge is 2.15. The maximum absolute atomic E-state index is 12.0. The molecule has 1 aliphatic heterocycles. The van der Waals surface area contributed by atoms with Crippen molar-refractivity contribution in [1.82, 2.24) is 0 Å². The Kier molecular flexibility index (Phi) is 4.49. The summed E-state index contributed by atoms with van der Waals surface area (Å²) in [4.78, 5) is 16.4. The molecule has 1 aliphatic rings. The van der Waals surface area contributed by atoms with Crippen LogP contribution in [0.2, 0.25) is 0 Å². The number of carbonyl (C=O) groups is 1. The number of benzene rings is 2. The van der Waals surface area contributed by atoms with Crippen molar-refractivity contribution in [3.63, 3.8) is 0 Å². The molecular formula is C20H15NO6. The number of rotatable bonds is 5. The summed E-state index contributed by atoms with van der Waals surface area (Å²) in [5, 5.41) is 0. The van der Waals surface area contributed by atoms with Crippen LogP contribution in [-0.2, 0) is 0 Å². The molecule has 2 aromatic carbocycles. The highest BCUT2D eigenvalue weighted by Crippen LogP contribution is 2.35. The van der Waals surface area contributed by atoms with E-state index in [1.165, 1.54) is 19.4 Å². The molecule has 0 spiro atoms. The van der Waals surface area contributed by atoms with Gasteiger partial charge in [-0.2, -0.15) is 0 Å². The Balaban J connectivity index is 1.51. The van der Waals surface area contributed by atoms with Gasteiger partial charge in [0, 0.05) is 12.3 Å². The van der Waals surface area contributed by atoms with Crippen LogP contribution in [0.3, 0.4) is 0 Å². The van der Waals surface area contributed by atoms with Gasteiger partial charge in [-0.25, -0.2) is 4.79 Å². The van der Waals surface area contributed by atoms with Crippen molar-refractivity contribution >= 4 is 17.9 Å². The summed E-state index contributed by atoms with van der Waals surface area (Å²) in [6.45, 7) is 0.220. The Morgan fingerprint density at radius 1 is 1.07 bits per heavy atom. The number of nitrogens with zero attached hydrogens (tertiary/aromatic N) is 1. The molecular weight excluding hydrogens is 350 g/mol. The first-order valence-electron chi connectivity index (χ1n) is 8.10. The Bertz CT molecular complexity index is 994. The zero-order valence-corrected chi connectivity index (χ0v) is 14.4. The third-order valence-electron chi connectivity index (χ3n) is 3.83. The van der Waals surface area contributed by atoms with Crippen molar-refractivity contribution in [3.8, 4) is 23.0 Å². The van der Waals surface area contributed by atoms with Gasteiger partial charge in [0.1, 0.15) is 0 Å². The van der Waals surface area contributed by atoms with Crippen LogP contribution in [-0.4, -0.2) is 26.1 Å². The van der Waals surface area contributed by atoms with Crippen LogP contribution in [0.15, 0.2) is 64.2 Å². The van der Waals surface area contributed by atoms with E-state index < -0.39 is 5.97 Å². The molecule has 0 fully saturated rings. The van der Waals surface area contributed by atoms with Gasteiger partial charge in [-0.15, -0.1) is 0 Å². The van der Waals surface area contributed by atoms with Crippen LogP contribution >= 0.6 is 0 Å². The third-order valence-corrected chi connectivity index (χ3v) is 3.83. The van der Waals surface area contributed by atoms with Crippen LogP contribution in [0.4, 0.5) is 5.69 Å². The normalized spacial score (nSPS) is 12.3. The quantitative estimate of drug-likeness (QED) is 0.386. The first-order valence-corrected chi connectivity index (χ1v) is 8.10. The van der Waals surface area contributed by atoms with Crippen molar-refractivity contribution < 1.29 is 28.2 Å². The SMILES string of the molecule is COc1cc(C=Nc2ccc3c(c2)OCO3)ccc1OC(=O)c1ccco1. The van der Waals surface area contributed by atoms with E-state index >= 15 is 0 Å². The van der Waals surface area contributed by atoms with Gasteiger partial charge < -0.3 is 23.4 Å². The number of carbonyl (C=O) groups excluding carboxylic acids is 1. The van der Waals surface area contributed by atoms with Gasteiger partial charge in [0.15, 0.2) is 23.0 Å². The van der Waals surface area contributed by atoms with E-state index in [9.17, 15) is 4.79 Å². The molecule has 0 saturated heterocycles. The first-order chi connectivity index (χ1) is 13.2. The molecule has 4 rings (SSSR count). The second-order valence-electron chi connectivity index (χ2n) is 5.57. The molecule has 0 saturated carbocycles. The summed E-state index contributed by atoms with van der Waals surface area (Å²) in [5.41, 5.74) is 1.51. The molecule has 0 N–H and O–H groups in total. The predicted molar refractivity (Wildman–Crippen MR) is 96.5 cm³/mol. The third kappa shape index (κ3) is 3.62. The van der Waals surface area contributed by atoms with E-state index in [-0.39, 0.29) is 12.6 Å². The first kappa shape index (κ1) is 16.7. The lowest BCUT2D eigenvalue weighted by atomic mass is 10.2. The van der Waals surface area contributed by atoms with E-state index in [0.717, 1.165) is 11.3 Å². The molecule has 7 nitrogen and oxygen atoms in total. The average Bonchev–Trinajstić information content (AvgIpc) is 3.38. The van der Waals surface area contributed by atoms with Gasteiger partial charge >= 0.3 is 5.97 Å². The summed E-state index contributed by atoms with van der Waals surface area (Å²) in [7, 11) is 1.50. The van der Waals surface area contributed by atoms with Crippen LogP contribution < -0.4 is 18.9 Å². The lowest BCUT2D eigenvalue weighted by molar-refractivity contribution is 0.0696. The fraction of sp³-hybridized carbons (Fsp3) is 0.100. The molecule has 0 radical (unpaired) electrons. The van der Waals surface area contributed by atoms with Crippen LogP contribution in [0.5, 0.6) is 23.0 Å². The standard InChI is InChI=1S/C20H15NO6/c1-23-18-9-13(4-6-16(18)27-20(22)17-3-2-8-24-17)11-21-14-5-7-15-19(10-14)26-12-25-15/h2-11H,12H2,1H3. The van der Waals surface area contributed by atoms with Gasteiger partial charge in [-0.3, -0.25) is 4.99 Å². The van der Waals surface area contributed by atoms with E-state index in [1.807, 2.05) is 12.1 Å². The zero-order valence-electron chi connectivity index (χ0n) is 14.4. The van der Waals surface area contributed by atoms with Crippen molar-refractivity contribution in [3.05, 3.63) is 66.1 Å². The minimum atomic E-state index is -0.597. The van der Waals surface area contributed by atoms with Crippen LogP contribution in [0, 0.1) is 0 Å². The highest BCUT2D eigenvalue weighted by molar-refractivity contribution is 5.89. The summed E-state index contributed by atoms with van der Waals surface area (Å²) in [5.74, 6) is 1.59. The maximum atomic E-state index is 12.0. The summed E-state index contributed by atoms with van der Waals surface area (Å²) >= 11 is 0. The number of furan rings is 1. The molecule has 136 valence electrons. The molecule has 2 heterocycles. The second-order valence-corrected chi connectivity index (χ2v) is 5.57. The molecule has 0 amide bonds. The molecule has 27 heavy (non-hydrogen) atoms. The summed E-state index contributed by atoms with van der Waals surface area (Å²) < 4.78 is 26.3. The fourth-order valence-corrected chi connectivity index (χ4v) is 2.51. The number of methoxy groups -OCH3 is 1. The Hall–Kier alpha value is -3.74. The monoisotopic (exact) mass is 365 g/mol. The summed E-state index contributed by atoms with van der Waals surface area (Å²) in [6.07, 6.45) is 3.09. The molecule has 0 unspecified atom stereocenters. The van der Waals surface area contributed by atoms with E-state index in [1.54, 1.807) is 36.5 Å². The van der Waals surface area contributed by atoms with Crippen LogP contribution in [0.25, 0.3) is 0 Å². The van der Waals surface area contributed by atoms with Crippen molar-refractivity contribution in [1.29, 1.82) is 0 Å². The Labute approximate surface area is 154 Å².